The van der Waals surface area contributed by atoms with Crippen molar-refractivity contribution in [2.45, 2.75) is 38.8 Å². The normalized spacial score (nSPS) is 24.2. The Morgan fingerprint density at radius 2 is 2.30 bits per heavy atom. The summed E-state index contributed by atoms with van der Waals surface area (Å²) in [5.41, 5.74) is 2.29. The van der Waals surface area contributed by atoms with Gasteiger partial charge in [-0.1, -0.05) is 29.8 Å². The van der Waals surface area contributed by atoms with Crippen molar-refractivity contribution in [2.24, 2.45) is 5.92 Å². The Labute approximate surface area is 137 Å². The Hall–Kier alpha value is -1.88. The van der Waals surface area contributed by atoms with Crippen LogP contribution in [-0.2, 0) is 20.9 Å². The number of rotatable bonds is 5. The summed E-state index contributed by atoms with van der Waals surface area (Å²) in [5, 5.41) is 2.94. The topological polar surface area (TPSA) is 58.6 Å². The van der Waals surface area contributed by atoms with Crippen LogP contribution in [0.15, 0.2) is 24.3 Å². The number of aryl methyl sites for hydroxylation is 1. The van der Waals surface area contributed by atoms with Crippen LogP contribution < -0.4 is 5.32 Å². The van der Waals surface area contributed by atoms with Gasteiger partial charge in [-0.25, -0.2) is 0 Å². The summed E-state index contributed by atoms with van der Waals surface area (Å²) in [6.45, 7) is 4.46. The molecule has 2 unspecified atom stereocenters. The Balaban J connectivity index is 1.51. The molecule has 2 atom stereocenters. The first kappa shape index (κ1) is 16.0. The van der Waals surface area contributed by atoms with E-state index < -0.39 is 0 Å². The molecular formula is C18H24N2O3. The van der Waals surface area contributed by atoms with Gasteiger partial charge in [-0.15, -0.1) is 0 Å². The number of likely N-dealkylation sites (tertiary alicyclic amines) is 1. The zero-order valence-electron chi connectivity index (χ0n) is 13.6. The van der Waals surface area contributed by atoms with Crippen molar-refractivity contribution >= 4 is 11.8 Å². The lowest BCUT2D eigenvalue weighted by atomic mass is 10.1. The predicted molar refractivity (Wildman–Crippen MR) is 86.7 cm³/mol. The Kier molecular flexibility index (Phi) is 4.96. The van der Waals surface area contributed by atoms with Gasteiger partial charge in [0.25, 0.3) is 0 Å². The lowest BCUT2D eigenvalue weighted by Gasteiger charge is -2.17. The highest BCUT2D eigenvalue weighted by Gasteiger charge is 2.34. The van der Waals surface area contributed by atoms with Gasteiger partial charge >= 0.3 is 0 Å². The lowest BCUT2D eigenvalue weighted by molar-refractivity contribution is -0.129. The third-order valence-corrected chi connectivity index (χ3v) is 4.57. The molecule has 124 valence electrons. The van der Waals surface area contributed by atoms with Crippen molar-refractivity contribution in [1.82, 2.24) is 10.2 Å². The number of amides is 2. The number of hydrogen-bond donors (Lipinski definition) is 1. The molecule has 3 rings (SSSR count). The molecule has 1 N–H and O–H groups in total. The molecule has 2 aliphatic heterocycles. The van der Waals surface area contributed by atoms with E-state index in [1.165, 1.54) is 5.56 Å². The molecule has 0 spiro atoms. The second-order valence-electron chi connectivity index (χ2n) is 6.54. The van der Waals surface area contributed by atoms with E-state index in [1.807, 2.05) is 25.1 Å². The van der Waals surface area contributed by atoms with Gasteiger partial charge in [0.2, 0.25) is 11.8 Å². The zero-order valence-corrected chi connectivity index (χ0v) is 13.6. The minimum Gasteiger partial charge on any atom is -0.376 e. The maximum Gasteiger partial charge on any atom is 0.225 e. The molecule has 0 aliphatic carbocycles. The van der Waals surface area contributed by atoms with Crippen molar-refractivity contribution < 1.29 is 14.3 Å². The van der Waals surface area contributed by atoms with Gasteiger partial charge in [-0.3, -0.25) is 9.59 Å². The molecule has 2 saturated heterocycles. The van der Waals surface area contributed by atoms with Crippen molar-refractivity contribution in [3.05, 3.63) is 35.4 Å². The molecule has 0 aromatic heterocycles. The van der Waals surface area contributed by atoms with Crippen LogP contribution in [0.25, 0.3) is 0 Å². The lowest BCUT2D eigenvalue weighted by Crippen LogP contribution is -2.37. The van der Waals surface area contributed by atoms with Crippen LogP contribution in [0.5, 0.6) is 0 Å². The van der Waals surface area contributed by atoms with Crippen molar-refractivity contribution in [3.63, 3.8) is 0 Å². The van der Waals surface area contributed by atoms with E-state index in [9.17, 15) is 9.59 Å². The third kappa shape index (κ3) is 4.10. The minimum atomic E-state index is -0.242. The number of nitrogens with zero attached hydrogens (tertiary/aromatic N) is 1. The standard InChI is InChI=1S/C18H24N2O3/c1-13-4-2-5-14(8-13)11-20-12-15(9-17(20)21)18(22)19-10-16-6-3-7-23-16/h2,4-5,8,15-16H,3,6-7,9-12H2,1H3,(H,19,22). The molecule has 1 aromatic carbocycles. The highest BCUT2D eigenvalue weighted by Crippen LogP contribution is 2.21. The summed E-state index contributed by atoms with van der Waals surface area (Å²) in [4.78, 5) is 26.2. The van der Waals surface area contributed by atoms with Gasteiger partial charge in [0.05, 0.1) is 12.0 Å². The summed E-state index contributed by atoms with van der Waals surface area (Å²) < 4.78 is 5.51. The van der Waals surface area contributed by atoms with Crippen molar-refractivity contribution in [3.8, 4) is 0 Å². The third-order valence-electron chi connectivity index (χ3n) is 4.57. The van der Waals surface area contributed by atoms with Crippen molar-refractivity contribution in [2.75, 3.05) is 19.7 Å². The molecule has 5 nitrogen and oxygen atoms in total. The van der Waals surface area contributed by atoms with Crippen LogP contribution >= 0.6 is 0 Å². The molecule has 0 saturated carbocycles. The van der Waals surface area contributed by atoms with Crippen LogP contribution in [-0.4, -0.2) is 42.5 Å². The molecule has 2 amide bonds. The molecule has 5 heteroatoms. The van der Waals surface area contributed by atoms with E-state index in [2.05, 4.69) is 11.4 Å². The first-order valence-electron chi connectivity index (χ1n) is 8.34. The van der Waals surface area contributed by atoms with Crippen LogP contribution in [0.4, 0.5) is 0 Å². The molecule has 2 heterocycles. The minimum absolute atomic E-state index is 0.0272. The first-order valence-corrected chi connectivity index (χ1v) is 8.34. The second kappa shape index (κ2) is 7.13. The largest absolute Gasteiger partial charge is 0.376 e. The number of carbonyl (C=O) groups excluding carboxylic acids is 2. The molecule has 0 bridgehead atoms. The van der Waals surface area contributed by atoms with Crippen LogP contribution in [0.1, 0.15) is 30.4 Å². The van der Waals surface area contributed by atoms with E-state index >= 15 is 0 Å². The maximum atomic E-state index is 12.3. The average Bonchev–Trinajstić information content (AvgIpc) is 3.15. The molecule has 2 aliphatic rings. The summed E-state index contributed by atoms with van der Waals surface area (Å²) in [6.07, 6.45) is 2.51. The number of hydrogen-bond acceptors (Lipinski definition) is 3. The molecule has 0 radical (unpaired) electrons. The monoisotopic (exact) mass is 316 g/mol. The summed E-state index contributed by atoms with van der Waals surface area (Å²) in [5.74, 6) is -0.210. The van der Waals surface area contributed by atoms with E-state index in [-0.39, 0.29) is 23.8 Å². The van der Waals surface area contributed by atoms with Gasteiger partial charge in [-0.2, -0.15) is 0 Å². The molecule has 23 heavy (non-hydrogen) atoms. The first-order chi connectivity index (χ1) is 11.1. The van der Waals surface area contributed by atoms with Crippen molar-refractivity contribution in [1.29, 1.82) is 0 Å². The van der Waals surface area contributed by atoms with E-state index in [1.54, 1.807) is 4.90 Å². The van der Waals surface area contributed by atoms with Crippen LogP contribution in [0.2, 0.25) is 0 Å². The fourth-order valence-electron chi connectivity index (χ4n) is 3.30. The molecule has 2 fully saturated rings. The SMILES string of the molecule is Cc1cccc(CN2CC(C(=O)NCC3CCCO3)CC2=O)c1. The predicted octanol–water partition coefficient (Wildman–Crippen LogP) is 1.64. The Morgan fingerprint density at radius 3 is 3.04 bits per heavy atom. The quantitative estimate of drug-likeness (QED) is 0.898. The number of ether oxygens (including phenoxy) is 1. The van der Waals surface area contributed by atoms with Gasteiger partial charge in [0.1, 0.15) is 0 Å². The summed E-state index contributed by atoms with van der Waals surface area (Å²) in [6, 6.07) is 8.14. The highest BCUT2D eigenvalue weighted by atomic mass is 16.5. The number of carbonyl (C=O) groups is 2. The smallest absolute Gasteiger partial charge is 0.225 e. The van der Waals surface area contributed by atoms with Crippen LogP contribution in [0, 0.1) is 12.8 Å². The summed E-state index contributed by atoms with van der Waals surface area (Å²) >= 11 is 0. The number of benzene rings is 1. The van der Waals surface area contributed by atoms with Crippen LogP contribution in [0.3, 0.4) is 0 Å². The maximum absolute atomic E-state index is 12.3. The van der Waals surface area contributed by atoms with E-state index in [0.29, 0.717) is 26.1 Å². The number of nitrogens with one attached hydrogen (secondary N) is 1. The van der Waals surface area contributed by atoms with E-state index in [0.717, 1.165) is 25.0 Å². The van der Waals surface area contributed by atoms with E-state index in [4.69, 9.17) is 4.74 Å². The van der Waals surface area contributed by atoms with Gasteiger partial charge in [0, 0.05) is 32.7 Å². The Bertz CT molecular complexity index is 581. The van der Waals surface area contributed by atoms with Gasteiger partial charge in [0.15, 0.2) is 0 Å². The Morgan fingerprint density at radius 1 is 1.43 bits per heavy atom. The summed E-state index contributed by atoms with van der Waals surface area (Å²) in [7, 11) is 0. The van der Waals surface area contributed by atoms with Gasteiger partial charge < -0.3 is 15.0 Å². The zero-order chi connectivity index (χ0) is 16.2. The second-order valence-corrected chi connectivity index (χ2v) is 6.54. The fraction of sp³-hybridized carbons (Fsp3) is 0.556. The highest BCUT2D eigenvalue weighted by molar-refractivity contribution is 5.89. The molecular weight excluding hydrogens is 292 g/mol. The average molecular weight is 316 g/mol. The fourth-order valence-corrected chi connectivity index (χ4v) is 3.30. The molecule has 1 aromatic rings. The van der Waals surface area contributed by atoms with Gasteiger partial charge in [-0.05, 0) is 25.3 Å².